The van der Waals surface area contributed by atoms with E-state index in [-0.39, 0.29) is 12.0 Å². The van der Waals surface area contributed by atoms with E-state index in [1.54, 1.807) is 14.2 Å². The number of esters is 1. The van der Waals surface area contributed by atoms with Gasteiger partial charge < -0.3 is 13.6 Å². The van der Waals surface area contributed by atoms with Crippen molar-refractivity contribution in [3.05, 3.63) is 0 Å². The van der Waals surface area contributed by atoms with Crippen molar-refractivity contribution in [3.63, 3.8) is 0 Å². The van der Waals surface area contributed by atoms with Gasteiger partial charge in [0.15, 0.2) is 0 Å². The number of nitrogens with zero attached hydrogens (tertiary/aromatic N) is 1. The number of rotatable bonds is 5. The molecule has 1 fully saturated rings. The summed E-state index contributed by atoms with van der Waals surface area (Å²) in [4.78, 5) is 11.7. The normalized spacial score (nSPS) is 22.0. The highest BCUT2D eigenvalue weighted by atomic mass is 28.4. The molecule has 1 unspecified atom stereocenters. The molecule has 0 saturated carbocycles. The van der Waals surface area contributed by atoms with Crippen molar-refractivity contribution < 1.29 is 18.4 Å². The zero-order valence-electron chi connectivity index (χ0n) is 10.5. The van der Waals surface area contributed by atoms with Crippen molar-refractivity contribution in [1.82, 2.24) is 4.57 Å². The highest BCUT2D eigenvalue weighted by molar-refractivity contribution is 6.65. The van der Waals surface area contributed by atoms with Crippen molar-refractivity contribution in [1.29, 1.82) is 0 Å². The Bertz CT molecular complexity index is 245. The lowest BCUT2D eigenvalue weighted by atomic mass is 10.3. The predicted octanol–water partition coefficient (Wildman–Crippen LogP) is 0.875. The van der Waals surface area contributed by atoms with Gasteiger partial charge in [-0.3, -0.25) is 9.36 Å². The molecule has 1 atom stereocenters. The third-order valence-corrected chi connectivity index (χ3v) is 6.81. The topological polar surface area (TPSA) is 48.0 Å². The van der Waals surface area contributed by atoms with Crippen molar-refractivity contribution in [3.8, 4) is 0 Å². The first-order chi connectivity index (χ1) is 7.61. The van der Waals surface area contributed by atoms with E-state index in [0.717, 1.165) is 19.0 Å². The molecule has 5 nitrogen and oxygen atoms in total. The minimum atomic E-state index is -2.33. The lowest BCUT2D eigenvalue weighted by Gasteiger charge is -2.35. The van der Waals surface area contributed by atoms with Crippen LogP contribution in [0.2, 0.25) is 6.04 Å². The molecular weight excluding hydrogens is 226 g/mol. The summed E-state index contributed by atoms with van der Waals surface area (Å²) < 4.78 is 18.2. The predicted molar refractivity (Wildman–Crippen MR) is 62.0 cm³/mol. The van der Waals surface area contributed by atoms with Crippen LogP contribution in [0.5, 0.6) is 0 Å². The molecule has 94 valence electrons. The quantitative estimate of drug-likeness (QED) is 0.533. The Morgan fingerprint density at radius 2 is 2.06 bits per heavy atom. The highest BCUT2D eigenvalue weighted by Gasteiger charge is 2.51. The van der Waals surface area contributed by atoms with Gasteiger partial charge in [0.25, 0.3) is 0 Å². The van der Waals surface area contributed by atoms with Crippen LogP contribution in [0.3, 0.4) is 0 Å². The van der Waals surface area contributed by atoms with Gasteiger partial charge in [-0.1, -0.05) is 0 Å². The lowest BCUT2D eigenvalue weighted by Crippen LogP contribution is -2.58. The molecule has 1 aliphatic heterocycles. The van der Waals surface area contributed by atoms with Crippen LogP contribution in [0.15, 0.2) is 0 Å². The Kier molecular flexibility index (Phi) is 4.91. The van der Waals surface area contributed by atoms with Crippen molar-refractivity contribution in [2.75, 3.05) is 27.4 Å². The molecule has 0 aliphatic carbocycles. The number of ether oxygens (including phenoxy) is 1. The Balaban J connectivity index is 2.74. The number of carbonyl (C=O) groups is 1. The molecule has 0 spiro atoms. The summed E-state index contributed by atoms with van der Waals surface area (Å²) in [5, 5.41) is 0. The third-order valence-electron chi connectivity index (χ3n) is 3.06. The van der Waals surface area contributed by atoms with Gasteiger partial charge in [0.1, 0.15) is 6.04 Å². The van der Waals surface area contributed by atoms with Gasteiger partial charge in [-0.15, -0.1) is 0 Å². The van der Waals surface area contributed by atoms with Crippen molar-refractivity contribution in [2.24, 2.45) is 0 Å². The zero-order valence-corrected chi connectivity index (χ0v) is 11.5. The van der Waals surface area contributed by atoms with E-state index in [4.69, 9.17) is 13.6 Å². The first kappa shape index (κ1) is 13.6. The molecular formula is C10H21NO4Si. The third kappa shape index (κ3) is 2.45. The molecule has 0 radical (unpaired) electrons. The van der Waals surface area contributed by atoms with Gasteiger partial charge in [-0.25, -0.2) is 0 Å². The summed E-state index contributed by atoms with van der Waals surface area (Å²) in [7, 11) is 0.985. The molecule has 16 heavy (non-hydrogen) atoms. The van der Waals surface area contributed by atoms with Crippen LogP contribution in [0.1, 0.15) is 20.3 Å². The highest BCUT2D eigenvalue weighted by Crippen LogP contribution is 2.29. The molecule has 1 rings (SSSR count). The fourth-order valence-electron chi connectivity index (χ4n) is 2.19. The SMILES string of the molecule is CCOC(=O)C(C)N1CCC[Si]1(OC)OC. The van der Waals surface area contributed by atoms with Gasteiger partial charge in [-0.2, -0.15) is 0 Å². The lowest BCUT2D eigenvalue weighted by molar-refractivity contribution is -0.147. The van der Waals surface area contributed by atoms with Gasteiger partial charge >= 0.3 is 14.7 Å². The standard InChI is InChI=1S/C10H21NO4Si/c1-5-15-10(12)9(2)11-7-6-8-16(11,13-3)14-4/h9H,5-8H2,1-4H3. The molecule has 0 amide bonds. The molecule has 0 N–H and O–H groups in total. The molecule has 1 aliphatic rings. The van der Waals surface area contributed by atoms with Crippen LogP contribution in [0.25, 0.3) is 0 Å². The van der Waals surface area contributed by atoms with E-state index >= 15 is 0 Å². The first-order valence-corrected chi connectivity index (χ1v) is 7.62. The minimum absolute atomic E-state index is 0.199. The molecule has 0 aromatic rings. The van der Waals surface area contributed by atoms with Crippen molar-refractivity contribution in [2.45, 2.75) is 32.4 Å². The summed E-state index contributed by atoms with van der Waals surface area (Å²) in [6.45, 7) is 4.91. The van der Waals surface area contributed by atoms with Crippen LogP contribution in [-0.4, -0.2) is 52.7 Å². The second kappa shape index (κ2) is 5.76. The summed E-state index contributed by atoms with van der Waals surface area (Å²) in [5.41, 5.74) is 0. The van der Waals surface area contributed by atoms with Crippen LogP contribution >= 0.6 is 0 Å². The summed E-state index contributed by atoms with van der Waals surface area (Å²) >= 11 is 0. The van der Waals surface area contributed by atoms with Crippen molar-refractivity contribution >= 4 is 14.7 Å². The van der Waals surface area contributed by atoms with Gasteiger partial charge in [-0.05, 0) is 26.8 Å². The van der Waals surface area contributed by atoms with Gasteiger partial charge in [0.05, 0.1) is 6.61 Å². The molecule has 1 heterocycles. The number of hydrogen-bond donors (Lipinski definition) is 0. The fraction of sp³-hybridized carbons (Fsp3) is 0.900. The maximum absolute atomic E-state index is 11.7. The molecule has 0 bridgehead atoms. The van der Waals surface area contributed by atoms with E-state index in [1.807, 2.05) is 18.4 Å². The van der Waals surface area contributed by atoms with Gasteiger partial charge in [0, 0.05) is 20.3 Å². The maximum Gasteiger partial charge on any atom is 0.428 e. The Morgan fingerprint density at radius 1 is 1.44 bits per heavy atom. The Morgan fingerprint density at radius 3 is 2.56 bits per heavy atom. The second-order valence-electron chi connectivity index (χ2n) is 3.85. The molecule has 1 saturated heterocycles. The van der Waals surface area contributed by atoms with Crippen LogP contribution < -0.4 is 0 Å². The van der Waals surface area contributed by atoms with E-state index in [0.29, 0.717) is 6.61 Å². The average Bonchev–Trinajstić information content (AvgIpc) is 2.72. The maximum atomic E-state index is 11.7. The minimum Gasteiger partial charge on any atom is -0.465 e. The van der Waals surface area contributed by atoms with Crippen LogP contribution in [0.4, 0.5) is 0 Å². The van der Waals surface area contributed by atoms with Crippen LogP contribution in [0, 0.1) is 0 Å². The van der Waals surface area contributed by atoms with E-state index < -0.39 is 8.72 Å². The Hall–Kier alpha value is -0.433. The fourth-order valence-corrected chi connectivity index (χ4v) is 5.32. The van der Waals surface area contributed by atoms with Crippen LogP contribution in [-0.2, 0) is 18.4 Å². The molecule has 0 aromatic carbocycles. The first-order valence-electron chi connectivity index (χ1n) is 5.65. The van der Waals surface area contributed by atoms with E-state index in [2.05, 4.69) is 0 Å². The zero-order chi connectivity index (χ0) is 12.2. The molecule has 6 heteroatoms. The Labute approximate surface area is 98.0 Å². The smallest absolute Gasteiger partial charge is 0.428 e. The largest absolute Gasteiger partial charge is 0.465 e. The average molecular weight is 247 g/mol. The second-order valence-corrected chi connectivity index (χ2v) is 7.16. The molecule has 0 aromatic heterocycles. The summed E-state index contributed by atoms with van der Waals surface area (Å²) in [5.74, 6) is -0.199. The van der Waals surface area contributed by atoms with E-state index in [1.165, 1.54) is 0 Å². The van der Waals surface area contributed by atoms with Gasteiger partial charge in [0.2, 0.25) is 0 Å². The van der Waals surface area contributed by atoms with E-state index in [9.17, 15) is 4.79 Å². The number of carbonyl (C=O) groups excluding carboxylic acids is 1. The monoisotopic (exact) mass is 247 g/mol. The number of hydrogen-bond acceptors (Lipinski definition) is 5. The summed E-state index contributed by atoms with van der Waals surface area (Å²) in [6, 6.07) is 0.623. The summed E-state index contributed by atoms with van der Waals surface area (Å²) in [6.07, 6.45) is 1.01.